The number of nitrogens with one attached hydrogen (secondary N) is 1. The van der Waals surface area contributed by atoms with Crippen LogP contribution in [-0.2, 0) is 11.2 Å². The molecule has 13 heteroatoms. The minimum atomic E-state index is -4.42. The van der Waals surface area contributed by atoms with Gasteiger partial charge in [0.2, 0.25) is 0 Å². The fourth-order valence-electron chi connectivity index (χ4n) is 5.52. The van der Waals surface area contributed by atoms with E-state index in [1.165, 1.54) is 29.3 Å². The third-order valence-corrected chi connectivity index (χ3v) is 8.63. The van der Waals surface area contributed by atoms with Crippen molar-refractivity contribution in [3.63, 3.8) is 0 Å². The number of methoxy groups -OCH3 is 1. The summed E-state index contributed by atoms with van der Waals surface area (Å²) in [5.41, 5.74) is 1.48. The Labute approximate surface area is 221 Å². The number of pyridine rings is 1. The zero-order valence-electron chi connectivity index (χ0n) is 20.9. The van der Waals surface area contributed by atoms with Gasteiger partial charge in [0.15, 0.2) is 11.4 Å². The van der Waals surface area contributed by atoms with Crippen molar-refractivity contribution in [2.24, 2.45) is 0 Å². The zero-order chi connectivity index (χ0) is 26.3. The van der Waals surface area contributed by atoms with Crippen molar-refractivity contribution in [3.8, 4) is 27.7 Å². The van der Waals surface area contributed by atoms with Crippen LogP contribution in [0, 0.1) is 0 Å². The van der Waals surface area contributed by atoms with Crippen LogP contribution in [0.15, 0.2) is 24.8 Å². The van der Waals surface area contributed by atoms with Crippen molar-refractivity contribution in [1.82, 2.24) is 34.7 Å². The molecule has 2 fully saturated rings. The monoisotopic (exact) mass is 547 g/mol. The van der Waals surface area contributed by atoms with Gasteiger partial charge in [0.05, 0.1) is 19.2 Å². The first kappa shape index (κ1) is 25.3. The number of rotatable bonds is 6. The molecular weight excluding hydrogens is 519 g/mol. The van der Waals surface area contributed by atoms with Gasteiger partial charge in [-0.25, -0.2) is 14.5 Å². The van der Waals surface area contributed by atoms with Crippen LogP contribution in [0.1, 0.15) is 42.0 Å². The molecule has 2 aliphatic rings. The van der Waals surface area contributed by atoms with Crippen LogP contribution in [0.5, 0.6) is 5.75 Å². The Kier molecular flexibility index (Phi) is 6.82. The SMILES string of the molecule is COc1cc(-c2[nH]nc(-c3ncc(C4CCN(C5CCOCC5)CC4)s3)c2CC(F)(F)F)cn2ncnc12. The van der Waals surface area contributed by atoms with Crippen molar-refractivity contribution < 1.29 is 22.6 Å². The second-order valence-corrected chi connectivity index (χ2v) is 10.8. The fraction of sp³-hybridized carbons (Fsp3) is 0.520. The highest BCUT2D eigenvalue weighted by molar-refractivity contribution is 7.15. The number of fused-ring (bicyclic) bond motifs is 1. The van der Waals surface area contributed by atoms with Crippen molar-refractivity contribution in [2.75, 3.05) is 33.4 Å². The summed E-state index contributed by atoms with van der Waals surface area (Å²) in [5.74, 6) is 0.749. The first-order valence-electron chi connectivity index (χ1n) is 12.7. The van der Waals surface area contributed by atoms with Crippen LogP contribution in [0.3, 0.4) is 0 Å². The van der Waals surface area contributed by atoms with E-state index in [4.69, 9.17) is 9.47 Å². The minimum Gasteiger partial charge on any atom is -0.493 e. The van der Waals surface area contributed by atoms with Gasteiger partial charge in [0.25, 0.3) is 0 Å². The van der Waals surface area contributed by atoms with Gasteiger partial charge in [-0.2, -0.15) is 23.4 Å². The molecule has 6 heterocycles. The Morgan fingerprint density at radius 3 is 2.68 bits per heavy atom. The molecule has 2 aliphatic heterocycles. The van der Waals surface area contributed by atoms with E-state index >= 15 is 0 Å². The molecule has 0 saturated carbocycles. The van der Waals surface area contributed by atoms with Gasteiger partial charge in [0, 0.05) is 47.7 Å². The molecule has 38 heavy (non-hydrogen) atoms. The summed E-state index contributed by atoms with van der Waals surface area (Å²) in [5, 5.41) is 11.8. The summed E-state index contributed by atoms with van der Waals surface area (Å²) in [6, 6.07) is 2.23. The van der Waals surface area contributed by atoms with Crippen LogP contribution in [0.25, 0.3) is 27.6 Å². The van der Waals surface area contributed by atoms with Crippen LogP contribution >= 0.6 is 11.3 Å². The molecule has 0 atom stereocenters. The largest absolute Gasteiger partial charge is 0.493 e. The summed E-state index contributed by atoms with van der Waals surface area (Å²) >= 11 is 1.44. The van der Waals surface area contributed by atoms with Gasteiger partial charge in [0.1, 0.15) is 17.0 Å². The first-order valence-corrected chi connectivity index (χ1v) is 13.5. The maximum absolute atomic E-state index is 13.7. The number of aromatic amines is 1. The number of nitrogens with zero attached hydrogens (tertiary/aromatic N) is 6. The van der Waals surface area contributed by atoms with Crippen LogP contribution in [0.4, 0.5) is 13.2 Å². The Bertz CT molecular complexity index is 1400. The van der Waals surface area contributed by atoms with Gasteiger partial charge >= 0.3 is 6.18 Å². The molecule has 0 aromatic carbocycles. The van der Waals surface area contributed by atoms with E-state index in [1.807, 2.05) is 6.20 Å². The lowest BCUT2D eigenvalue weighted by Crippen LogP contribution is -2.43. The van der Waals surface area contributed by atoms with Crippen molar-refractivity contribution in [3.05, 3.63) is 35.2 Å². The summed E-state index contributed by atoms with van der Waals surface area (Å²) in [6.45, 7) is 3.68. The molecule has 4 aromatic heterocycles. The summed E-state index contributed by atoms with van der Waals surface area (Å²) in [6.07, 6.45) is 3.41. The topological polar surface area (TPSA) is 93.5 Å². The molecule has 0 radical (unpaired) electrons. The highest BCUT2D eigenvalue weighted by atomic mass is 32.1. The number of piperidine rings is 1. The summed E-state index contributed by atoms with van der Waals surface area (Å²) in [4.78, 5) is 12.3. The lowest BCUT2D eigenvalue weighted by molar-refractivity contribution is -0.127. The number of aromatic nitrogens is 6. The summed E-state index contributed by atoms with van der Waals surface area (Å²) in [7, 11) is 1.48. The number of ether oxygens (including phenoxy) is 2. The second kappa shape index (κ2) is 10.3. The van der Waals surface area contributed by atoms with Gasteiger partial charge in [-0.15, -0.1) is 11.3 Å². The van der Waals surface area contributed by atoms with Crippen LogP contribution < -0.4 is 4.74 Å². The van der Waals surface area contributed by atoms with Crippen LogP contribution in [0.2, 0.25) is 0 Å². The van der Waals surface area contributed by atoms with Crippen LogP contribution in [-0.4, -0.2) is 80.3 Å². The number of likely N-dealkylation sites (tertiary alicyclic amines) is 1. The second-order valence-electron chi connectivity index (χ2n) is 9.76. The van der Waals surface area contributed by atoms with Crippen molar-refractivity contribution >= 4 is 17.0 Å². The van der Waals surface area contributed by atoms with E-state index in [0.29, 0.717) is 33.9 Å². The van der Waals surface area contributed by atoms with Gasteiger partial charge in [-0.3, -0.25) is 5.10 Å². The number of hydrogen-bond donors (Lipinski definition) is 1. The predicted octanol–water partition coefficient (Wildman–Crippen LogP) is 4.71. The molecule has 2 saturated heterocycles. The predicted molar refractivity (Wildman–Crippen MR) is 135 cm³/mol. The third kappa shape index (κ3) is 5.02. The smallest absolute Gasteiger partial charge is 0.393 e. The molecule has 0 bridgehead atoms. The minimum absolute atomic E-state index is 0.0502. The van der Waals surface area contributed by atoms with E-state index < -0.39 is 12.6 Å². The Morgan fingerprint density at radius 2 is 1.95 bits per heavy atom. The Hall–Kier alpha value is -3.03. The summed E-state index contributed by atoms with van der Waals surface area (Å²) < 4.78 is 53.5. The molecule has 4 aromatic rings. The average Bonchev–Trinajstić information content (AvgIpc) is 3.67. The number of thiazole rings is 1. The standard InChI is InChI=1S/C25H28F3N7O2S/c1-36-19-10-16(13-35-23(19)30-14-31-35)21-18(11-25(26,27)28)22(33-32-21)24-29-12-20(38-24)15-2-6-34(7-3-15)17-4-8-37-9-5-17/h10,12-15,17H,2-9,11H2,1H3,(H,32,33). The third-order valence-electron chi connectivity index (χ3n) is 7.46. The van der Waals surface area contributed by atoms with Gasteiger partial charge in [-0.1, -0.05) is 0 Å². The van der Waals surface area contributed by atoms with E-state index in [2.05, 4.69) is 30.2 Å². The molecule has 0 unspecified atom stereocenters. The zero-order valence-corrected chi connectivity index (χ0v) is 21.7. The normalized spacial score (nSPS) is 18.4. The quantitative estimate of drug-likeness (QED) is 0.374. The number of alkyl halides is 3. The van der Waals surface area contributed by atoms with Crippen molar-refractivity contribution in [2.45, 2.75) is 50.2 Å². The first-order chi connectivity index (χ1) is 18.4. The van der Waals surface area contributed by atoms with Crippen molar-refractivity contribution in [1.29, 1.82) is 0 Å². The molecule has 0 spiro atoms. The maximum atomic E-state index is 13.7. The number of hydrogen-bond acceptors (Lipinski definition) is 8. The molecule has 9 nitrogen and oxygen atoms in total. The molecule has 6 rings (SSSR count). The molecule has 0 aliphatic carbocycles. The lowest BCUT2D eigenvalue weighted by Gasteiger charge is -2.39. The van der Waals surface area contributed by atoms with E-state index in [0.717, 1.165) is 56.9 Å². The van der Waals surface area contributed by atoms with E-state index in [-0.39, 0.29) is 17.0 Å². The Balaban J connectivity index is 1.28. The van der Waals surface area contributed by atoms with E-state index in [1.54, 1.807) is 12.3 Å². The highest BCUT2D eigenvalue weighted by Gasteiger charge is 2.34. The fourth-order valence-corrected chi connectivity index (χ4v) is 6.62. The molecule has 1 N–H and O–H groups in total. The van der Waals surface area contributed by atoms with Gasteiger partial charge < -0.3 is 14.4 Å². The Morgan fingerprint density at radius 1 is 1.16 bits per heavy atom. The molecular formula is C25H28F3N7O2S. The molecule has 202 valence electrons. The molecule has 0 amide bonds. The lowest BCUT2D eigenvalue weighted by atomic mass is 9.93. The van der Waals surface area contributed by atoms with E-state index in [9.17, 15) is 13.2 Å². The maximum Gasteiger partial charge on any atom is 0.393 e. The number of halogens is 3. The number of H-pyrrole nitrogens is 1. The average molecular weight is 548 g/mol. The highest BCUT2D eigenvalue weighted by Crippen LogP contribution is 2.40. The van der Waals surface area contributed by atoms with Gasteiger partial charge in [-0.05, 0) is 50.8 Å².